The summed E-state index contributed by atoms with van der Waals surface area (Å²) in [5, 5.41) is 0. The first kappa shape index (κ1) is 14.9. The molecule has 0 radical (unpaired) electrons. The molecule has 0 N–H and O–H groups in total. The quantitative estimate of drug-likeness (QED) is 0.636. The number of ether oxygens (including phenoxy) is 1. The van der Waals surface area contributed by atoms with Crippen molar-refractivity contribution in [3.8, 4) is 5.75 Å². The fraction of sp³-hybridized carbons (Fsp3) is 0.500. The van der Waals surface area contributed by atoms with Crippen molar-refractivity contribution in [2.75, 3.05) is 0 Å². The summed E-state index contributed by atoms with van der Waals surface area (Å²) < 4.78 is 40.9. The SMILES string of the molecule is CCC1CCC(c2ccc(OC(F)=C(F)F)cc2)CC1. The van der Waals surface area contributed by atoms with E-state index in [0.717, 1.165) is 18.8 Å². The third kappa shape index (κ3) is 3.78. The molecule has 1 aliphatic rings. The van der Waals surface area contributed by atoms with Gasteiger partial charge in [0, 0.05) is 0 Å². The van der Waals surface area contributed by atoms with Crippen LogP contribution in [-0.4, -0.2) is 0 Å². The first-order chi connectivity index (χ1) is 9.60. The normalized spacial score (nSPS) is 22.4. The summed E-state index contributed by atoms with van der Waals surface area (Å²) in [5.41, 5.74) is 1.18. The van der Waals surface area contributed by atoms with E-state index < -0.39 is 12.1 Å². The maximum absolute atomic E-state index is 12.7. The largest absolute Gasteiger partial charge is 0.428 e. The zero-order chi connectivity index (χ0) is 14.5. The molecule has 1 nitrogen and oxygen atoms in total. The highest BCUT2D eigenvalue weighted by atomic mass is 19.3. The molecule has 1 aromatic carbocycles. The second-order valence-corrected chi connectivity index (χ2v) is 5.33. The fourth-order valence-corrected chi connectivity index (χ4v) is 2.85. The van der Waals surface area contributed by atoms with Gasteiger partial charge in [0.15, 0.2) is 0 Å². The zero-order valence-corrected chi connectivity index (χ0v) is 11.5. The lowest BCUT2D eigenvalue weighted by Gasteiger charge is -2.28. The topological polar surface area (TPSA) is 9.23 Å². The van der Waals surface area contributed by atoms with Crippen LogP contribution in [0.1, 0.15) is 50.5 Å². The van der Waals surface area contributed by atoms with Crippen molar-refractivity contribution in [1.29, 1.82) is 0 Å². The van der Waals surface area contributed by atoms with Gasteiger partial charge in [-0.25, -0.2) is 0 Å². The number of halogens is 3. The Morgan fingerprint density at radius 1 is 1.05 bits per heavy atom. The van der Waals surface area contributed by atoms with Crippen LogP contribution in [0.25, 0.3) is 0 Å². The van der Waals surface area contributed by atoms with E-state index in [4.69, 9.17) is 0 Å². The molecule has 1 aromatic rings. The molecule has 0 bridgehead atoms. The predicted octanol–water partition coefficient (Wildman–Crippen LogP) is 5.78. The van der Waals surface area contributed by atoms with Crippen molar-refractivity contribution in [3.63, 3.8) is 0 Å². The Kier molecular flexibility index (Phi) is 5.10. The molecule has 1 saturated carbocycles. The Hall–Kier alpha value is -1.45. The molecule has 20 heavy (non-hydrogen) atoms. The van der Waals surface area contributed by atoms with Gasteiger partial charge in [0.25, 0.3) is 0 Å². The van der Waals surface area contributed by atoms with Gasteiger partial charge < -0.3 is 4.74 Å². The second kappa shape index (κ2) is 6.82. The van der Waals surface area contributed by atoms with Crippen LogP contribution < -0.4 is 4.74 Å². The summed E-state index contributed by atoms with van der Waals surface area (Å²) in [6, 6.07) is 4.94. The van der Waals surface area contributed by atoms with Gasteiger partial charge in [-0.3, -0.25) is 0 Å². The van der Waals surface area contributed by atoms with Gasteiger partial charge in [-0.1, -0.05) is 25.5 Å². The lowest BCUT2D eigenvalue weighted by molar-refractivity contribution is 0.241. The fourth-order valence-electron chi connectivity index (χ4n) is 2.85. The molecular formula is C16H19F3O. The molecule has 0 saturated heterocycles. The average Bonchev–Trinajstić information content (AvgIpc) is 2.48. The van der Waals surface area contributed by atoms with Crippen LogP contribution in [0, 0.1) is 5.92 Å². The van der Waals surface area contributed by atoms with Crippen LogP contribution in [0.5, 0.6) is 5.75 Å². The average molecular weight is 284 g/mol. The van der Waals surface area contributed by atoms with Crippen molar-refractivity contribution < 1.29 is 17.9 Å². The van der Waals surface area contributed by atoms with E-state index in [2.05, 4.69) is 11.7 Å². The van der Waals surface area contributed by atoms with Gasteiger partial charge in [0.1, 0.15) is 5.75 Å². The Labute approximate surface area is 117 Å². The maximum atomic E-state index is 12.7. The lowest BCUT2D eigenvalue weighted by atomic mass is 9.78. The molecule has 1 aliphatic carbocycles. The van der Waals surface area contributed by atoms with Crippen molar-refractivity contribution in [3.05, 3.63) is 41.9 Å². The van der Waals surface area contributed by atoms with Gasteiger partial charge in [-0.05, 0) is 55.2 Å². The molecule has 0 unspecified atom stereocenters. The number of hydrogen-bond acceptors (Lipinski definition) is 1. The third-order valence-electron chi connectivity index (χ3n) is 4.13. The summed E-state index contributed by atoms with van der Waals surface area (Å²) in [6.07, 6.45) is 3.60. The third-order valence-corrected chi connectivity index (χ3v) is 4.13. The molecular weight excluding hydrogens is 265 g/mol. The van der Waals surface area contributed by atoms with Gasteiger partial charge in [-0.15, -0.1) is 0 Å². The van der Waals surface area contributed by atoms with Crippen molar-refractivity contribution in [1.82, 2.24) is 0 Å². The maximum Gasteiger partial charge on any atom is 0.344 e. The van der Waals surface area contributed by atoms with Gasteiger partial charge in [0.05, 0.1) is 0 Å². The van der Waals surface area contributed by atoms with Crippen LogP contribution in [0.2, 0.25) is 0 Å². The highest BCUT2D eigenvalue weighted by molar-refractivity contribution is 5.30. The van der Waals surface area contributed by atoms with Crippen LogP contribution >= 0.6 is 0 Å². The minimum absolute atomic E-state index is 0.0984. The predicted molar refractivity (Wildman–Crippen MR) is 72.4 cm³/mol. The van der Waals surface area contributed by atoms with Crippen LogP contribution in [0.3, 0.4) is 0 Å². The number of benzene rings is 1. The van der Waals surface area contributed by atoms with E-state index in [-0.39, 0.29) is 5.75 Å². The van der Waals surface area contributed by atoms with E-state index in [9.17, 15) is 13.2 Å². The number of hydrogen-bond donors (Lipinski definition) is 0. The Morgan fingerprint density at radius 3 is 2.15 bits per heavy atom. The molecule has 0 heterocycles. The molecule has 0 aromatic heterocycles. The van der Waals surface area contributed by atoms with Gasteiger partial charge in [-0.2, -0.15) is 13.2 Å². The lowest BCUT2D eigenvalue weighted by Crippen LogP contribution is -2.12. The Bertz CT molecular complexity index is 455. The highest BCUT2D eigenvalue weighted by Gasteiger charge is 2.21. The summed E-state index contributed by atoms with van der Waals surface area (Å²) in [5.74, 6) is 1.45. The molecule has 0 atom stereocenters. The smallest absolute Gasteiger partial charge is 0.344 e. The molecule has 0 aliphatic heterocycles. The summed E-state index contributed by atoms with van der Waals surface area (Å²) in [7, 11) is 0. The minimum atomic E-state index is -2.44. The molecule has 4 heteroatoms. The van der Waals surface area contributed by atoms with E-state index in [1.54, 1.807) is 12.1 Å². The molecule has 0 amide bonds. The summed E-state index contributed by atoms with van der Waals surface area (Å²) >= 11 is 0. The van der Waals surface area contributed by atoms with E-state index in [0.29, 0.717) is 5.92 Å². The van der Waals surface area contributed by atoms with Crippen molar-refractivity contribution in [2.45, 2.75) is 44.9 Å². The summed E-state index contributed by atoms with van der Waals surface area (Å²) in [6.45, 7) is 2.23. The monoisotopic (exact) mass is 284 g/mol. The zero-order valence-electron chi connectivity index (χ0n) is 11.5. The van der Waals surface area contributed by atoms with E-state index in [1.165, 1.54) is 24.8 Å². The Balaban J connectivity index is 1.97. The second-order valence-electron chi connectivity index (χ2n) is 5.33. The van der Waals surface area contributed by atoms with E-state index >= 15 is 0 Å². The number of rotatable bonds is 4. The van der Waals surface area contributed by atoms with Crippen molar-refractivity contribution in [2.24, 2.45) is 5.92 Å². The van der Waals surface area contributed by atoms with Gasteiger partial charge in [0.2, 0.25) is 0 Å². The van der Waals surface area contributed by atoms with Crippen molar-refractivity contribution >= 4 is 0 Å². The minimum Gasteiger partial charge on any atom is -0.428 e. The first-order valence-electron chi connectivity index (χ1n) is 7.08. The molecule has 110 valence electrons. The van der Waals surface area contributed by atoms with E-state index in [1.807, 2.05) is 12.1 Å². The first-order valence-corrected chi connectivity index (χ1v) is 7.08. The van der Waals surface area contributed by atoms with Crippen LogP contribution in [0.4, 0.5) is 13.2 Å². The Morgan fingerprint density at radius 2 is 1.65 bits per heavy atom. The molecule has 2 rings (SSSR count). The molecule has 0 spiro atoms. The summed E-state index contributed by atoms with van der Waals surface area (Å²) in [4.78, 5) is 0. The van der Waals surface area contributed by atoms with Crippen LogP contribution in [-0.2, 0) is 0 Å². The highest BCUT2D eigenvalue weighted by Crippen LogP contribution is 2.37. The molecule has 1 fully saturated rings. The van der Waals surface area contributed by atoms with Crippen LogP contribution in [0.15, 0.2) is 36.4 Å². The standard InChI is InChI=1S/C16H19F3O/c1-2-11-3-5-12(6-4-11)13-7-9-14(10-8-13)20-16(19)15(17)18/h7-12H,2-6H2,1H3. The van der Waals surface area contributed by atoms with Gasteiger partial charge >= 0.3 is 12.1 Å².